The van der Waals surface area contributed by atoms with Gasteiger partial charge in [0.25, 0.3) is 0 Å². The largest absolute Gasteiger partial charge is 0.308 e. The van der Waals surface area contributed by atoms with E-state index >= 15 is 0 Å². The highest BCUT2D eigenvalue weighted by molar-refractivity contribution is 7.98. The fourth-order valence-corrected chi connectivity index (χ4v) is 2.73. The molecule has 0 aromatic heterocycles. The average Bonchev–Trinajstić information content (AvgIpc) is 2.45. The fraction of sp³-hybridized carbons (Fsp3) is 0.333. The smallest absolute Gasteiger partial charge is 0.127 e. The number of benzene rings is 2. The topological polar surface area (TPSA) is 12.0 Å². The lowest BCUT2D eigenvalue weighted by atomic mass is 10.1. The summed E-state index contributed by atoms with van der Waals surface area (Å²) in [6.45, 7) is 7.34. The van der Waals surface area contributed by atoms with Crippen LogP contribution in [0.1, 0.15) is 31.9 Å². The van der Waals surface area contributed by atoms with Crippen molar-refractivity contribution in [3.63, 3.8) is 0 Å². The van der Waals surface area contributed by atoms with Crippen LogP contribution in [0.5, 0.6) is 0 Å². The van der Waals surface area contributed by atoms with Gasteiger partial charge in [-0.25, -0.2) is 4.39 Å². The molecule has 0 aliphatic heterocycles. The first-order valence-electron chi connectivity index (χ1n) is 7.14. The maximum atomic E-state index is 13.5. The van der Waals surface area contributed by atoms with Crippen LogP contribution in [0.4, 0.5) is 4.39 Å². The minimum atomic E-state index is -0.129. The van der Waals surface area contributed by atoms with Crippen LogP contribution in [-0.4, -0.2) is 5.54 Å². The van der Waals surface area contributed by atoms with Gasteiger partial charge in [-0.15, -0.1) is 11.8 Å². The molecule has 0 radical (unpaired) electrons. The minimum absolute atomic E-state index is 0.123. The zero-order valence-corrected chi connectivity index (χ0v) is 13.6. The first-order chi connectivity index (χ1) is 9.94. The Morgan fingerprint density at radius 3 is 2.29 bits per heavy atom. The molecule has 0 heterocycles. The molecule has 0 amide bonds. The van der Waals surface area contributed by atoms with Crippen molar-refractivity contribution in [3.05, 3.63) is 65.5 Å². The lowest BCUT2D eigenvalue weighted by Crippen LogP contribution is -2.35. The maximum Gasteiger partial charge on any atom is 0.127 e. The number of hydrogen-bond acceptors (Lipinski definition) is 2. The van der Waals surface area contributed by atoms with Gasteiger partial charge in [0.2, 0.25) is 0 Å². The van der Waals surface area contributed by atoms with E-state index in [9.17, 15) is 4.39 Å². The molecule has 0 bridgehead atoms. The molecule has 0 spiro atoms. The summed E-state index contributed by atoms with van der Waals surface area (Å²) in [7, 11) is 0. The quantitative estimate of drug-likeness (QED) is 0.780. The van der Waals surface area contributed by atoms with E-state index in [1.54, 1.807) is 17.8 Å². The zero-order chi connectivity index (χ0) is 15.3. The van der Waals surface area contributed by atoms with Crippen LogP contribution in [0.3, 0.4) is 0 Å². The first-order valence-corrected chi connectivity index (χ1v) is 8.13. The van der Waals surface area contributed by atoms with Crippen molar-refractivity contribution in [1.82, 2.24) is 5.32 Å². The fourth-order valence-electron chi connectivity index (χ4n) is 1.85. The van der Waals surface area contributed by atoms with Crippen LogP contribution in [0.25, 0.3) is 0 Å². The van der Waals surface area contributed by atoms with Gasteiger partial charge >= 0.3 is 0 Å². The predicted molar refractivity (Wildman–Crippen MR) is 89.0 cm³/mol. The monoisotopic (exact) mass is 303 g/mol. The summed E-state index contributed by atoms with van der Waals surface area (Å²) in [5.41, 5.74) is 2.14. The molecule has 0 unspecified atom stereocenters. The van der Waals surface area contributed by atoms with Gasteiger partial charge in [0, 0.05) is 22.7 Å². The van der Waals surface area contributed by atoms with E-state index in [-0.39, 0.29) is 11.4 Å². The molecule has 0 saturated heterocycles. The molecule has 112 valence electrons. The molecule has 1 nitrogen and oxygen atoms in total. The molecule has 3 heteroatoms. The van der Waals surface area contributed by atoms with E-state index in [1.807, 2.05) is 12.1 Å². The van der Waals surface area contributed by atoms with E-state index < -0.39 is 0 Å². The molecule has 0 saturated carbocycles. The van der Waals surface area contributed by atoms with Gasteiger partial charge in [0.05, 0.1) is 0 Å². The predicted octanol–water partition coefficient (Wildman–Crippen LogP) is 5.01. The maximum absolute atomic E-state index is 13.5. The Hall–Kier alpha value is -1.32. The molecule has 2 aromatic rings. The van der Waals surface area contributed by atoms with Crippen molar-refractivity contribution in [2.24, 2.45) is 0 Å². The van der Waals surface area contributed by atoms with Crippen molar-refractivity contribution < 1.29 is 4.39 Å². The SMILES string of the molecule is CC(C)(C)NCc1ccc(SCc2ccccc2F)cc1. The second-order valence-corrected chi connectivity index (χ2v) is 7.18. The van der Waals surface area contributed by atoms with Gasteiger partial charge < -0.3 is 5.32 Å². The van der Waals surface area contributed by atoms with Crippen LogP contribution >= 0.6 is 11.8 Å². The van der Waals surface area contributed by atoms with Crippen LogP contribution in [0, 0.1) is 5.82 Å². The number of thioether (sulfide) groups is 1. The summed E-state index contributed by atoms with van der Waals surface area (Å²) < 4.78 is 13.5. The summed E-state index contributed by atoms with van der Waals surface area (Å²) in [4.78, 5) is 1.16. The van der Waals surface area contributed by atoms with Crippen LogP contribution in [-0.2, 0) is 12.3 Å². The van der Waals surface area contributed by atoms with Gasteiger partial charge in [-0.1, -0.05) is 30.3 Å². The summed E-state index contributed by atoms with van der Waals surface area (Å²) in [5, 5.41) is 3.47. The van der Waals surface area contributed by atoms with Crippen molar-refractivity contribution in [2.45, 2.75) is 43.5 Å². The second kappa shape index (κ2) is 7.10. The summed E-state index contributed by atoms with van der Waals surface area (Å²) >= 11 is 1.66. The Morgan fingerprint density at radius 2 is 1.67 bits per heavy atom. The molecule has 2 rings (SSSR count). The molecule has 0 aliphatic carbocycles. The summed E-state index contributed by atoms with van der Waals surface area (Å²) in [6, 6.07) is 15.4. The third-order valence-electron chi connectivity index (χ3n) is 3.10. The average molecular weight is 303 g/mol. The van der Waals surface area contributed by atoms with Crippen LogP contribution in [0.2, 0.25) is 0 Å². The lowest BCUT2D eigenvalue weighted by Gasteiger charge is -2.20. The molecule has 0 aliphatic rings. The highest BCUT2D eigenvalue weighted by atomic mass is 32.2. The Bertz CT molecular complexity index is 573. The third-order valence-corrected chi connectivity index (χ3v) is 4.16. The zero-order valence-electron chi connectivity index (χ0n) is 12.8. The van der Waals surface area contributed by atoms with Gasteiger partial charge in [-0.2, -0.15) is 0 Å². The van der Waals surface area contributed by atoms with Crippen molar-refractivity contribution >= 4 is 11.8 Å². The van der Waals surface area contributed by atoms with E-state index in [0.29, 0.717) is 5.75 Å². The Balaban J connectivity index is 1.89. The second-order valence-electron chi connectivity index (χ2n) is 6.13. The highest BCUT2D eigenvalue weighted by Gasteiger charge is 2.08. The normalized spacial score (nSPS) is 11.6. The lowest BCUT2D eigenvalue weighted by molar-refractivity contribution is 0.424. The summed E-state index contributed by atoms with van der Waals surface area (Å²) in [6.07, 6.45) is 0. The van der Waals surface area contributed by atoms with Gasteiger partial charge in [0.1, 0.15) is 5.82 Å². The molecule has 21 heavy (non-hydrogen) atoms. The Kier molecular flexibility index (Phi) is 5.43. The van der Waals surface area contributed by atoms with Crippen molar-refractivity contribution in [2.75, 3.05) is 0 Å². The Labute approximate surface area is 131 Å². The number of nitrogens with one attached hydrogen (secondary N) is 1. The van der Waals surface area contributed by atoms with E-state index in [2.05, 4.69) is 50.4 Å². The third kappa shape index (κ3) is 5.52. The highest BCUT2D eigenvalue weighted by Crippen LogP contribution is 2.24. The van der Waals surface area contributed by atoms with E-state index in [1.165, 1.54) is 11.6 Å². The Morgan fingerprint density at radius 1 is 1.00 bits per heavy atom. The molecule has 1 N–H and O–H groups in total. The van der Waals surface area contributed by atoms with Crippen LogP contribution in [0.15, 0.2) is 53.4 Å². The van der Waals surface area contributed by atoms with Gasteiger partial charge in [-0.05, 0) is 50.1 Å². The standard InChI is InChI=1S/C18H22FNS/c1-18(2,3)20-12-14-8-10-16(11-9-14)21-13-15-6-4-5-7-17(15)19/h4-11,20H,12-13H2,1-3H3. The number of hydrogen-bond donors (Lipinski definition) is 1. The van der Waals surface area contributed by atoms with E-state index in [0.717, 1.165) is 17.0 Å². The van der Waals surface area contributed by atoms with Gasteiger partial charge in [-0.3, -0.25) is 0 Å². The summed E-state index contributed by atoms with van der Waals surface area (Å²) in [5.74, 6) is 0.530. The van der Waals surface area contributed by atoms with Crippen LogP contribution < -0.4 is 5.32 Å². The molecule has 0 atom stereocenters. The minimum Gasteiger partial charge on any atom is -0.308 e. The van der Waals surface area contributed by atoms with Gasteiger partial charge in [0.15, 0.2) is 0 Å². The van der Waals surface area contributed by atoms with Crippen molar-refractivity contribution in [1.29, 1.82) is 0 Å². The molecule has 0 fully saturated rings. The van der Waals surface area contributed by atoms with Crippen molar-refractivity contribution in [3.8, 4) is 0 Å². The number of halogens is 1. The molecular weight excluding hydrogens is 281 g/mol. The van der Waals surface area contributed by atoms with E-state index in [4.69, 9.17) is 0 Å². The molecule has 2 aromatic carbocycles. The molecular formula is C18H22FNS. The number of rotatable bonds is 5. The first kappa shape index (κ1) is 16.1.